The molecule has 19 heavy (non-hydrogen) atoms. The van der Waals surface area contributed by atoms with Crippen LogP contribution in [0.5, 0.6) is 0 Å². The van der Waals surface area contributed by atoms with Crippen LogP contribution in [0.15, 0.2) is 53.5 Å². The van der Waals surface area contributed by atoms with Crippen molar-refractivity contribution in [3.63, 3.8) is 0 Å². The Morgan fingerprint density at radius 2 is 1.63 bits per heavy atom. The Hall–Kier alpha value is -2.53. The molecule has 0 unspecified atom stereocenters. The summed E-state index contributed by atoms with van der Waals surface area (Å²) >= 11 is 0. The maximum absolute atomic E-state index is 7.02. The van der Waals surface area contributed by atoms with Crippen molar-refractivity contribution in [3.8, 4) is 5.92 Å². The van der Waals surface area contributed by atoms with E-state index in [9.17, 15) is 0 Å². The lowest BCUT2D eigenvalue weighted by molar-refractivity contribution is 1.13. The summed E-state index contributed by atoms with van der Waals surface area (Å²) in [6.45, 7) is 0. The van der Waals surface area contributed by atoms with Gasteiger partial charge in [0.25, 0.3) is 0 Å². The van der Waals surface area contributed by atoms with Gasteiger partial charge >= 0.3 is 0 Å². The monoisotopic (exact) mass is 247 g/mol. The highest BCUT2D eigenvalue weighted by Gasteiger charge is 1.94. The molecule has 0 radical (unpaired) electrons. The molecular weight excluding hydrogens is 232 g/mol. The van der Waals surface area contributed by atoms with Crippen LogP contribution < -0.4 is 4.90 Å². The topological polar surface area (TPSA) is 15.6 Å². The second kappa shape index (κ2) is 5.88. The standard InChI is InChI=1S/C17H15N2/c1-4-14-5-7-15(8-6-14)13-18-16-9-11-17(12-10-16)19(2)3/h5-13H,2-3H3/q-1. The van der Waals surface area contributed by atoms with Gasteiger partial charge in [0.2, 0.25) is 0 Å². The van der Waals surface area contributed by atoms with Crippen LogP contribution >= 0.6 is 0 Å². The second-order valence-corrected chi connectivity index (χ2v) is 4.42. The van der Waals surface area contributed by atoms with Gasteiger partial charge in [-0.2, -0.15) is 0 Å². The van der Waals surface area contributed by atoms with E-state index >= 15 is 0 Å². The van der Waals surface area contributed by atoms with Gasteiger partial charge in [0.15, 0.2) is 0 Å². The minimum absolute atomic E-state index is 0.771. The average molecular weight is 247 g/mol. The molecule has 0 aliphatic heterocycles. The minimum atomic E-state index is 0.771. The van der Waals surface area contributed by atoms with E-state index in [1.54, 1.807) is 0 Å². The number of hydrogen-bond acceptors (Lipinski definition) is 2. The Morgan fingerprint density at radius 1 is 1.00 bits per heavy atom. The molecule has 2 aromatic rings. The van der Waals surface area contributed by atoms with E-state index in [0.29, 0.717) is 0 Å². The van der Waals surface area contributed by atoms with Gasteiger partial charge in [0.1, 0.15) is 0 Å². The number of benzene rings is 2. The molecule has 2 nitrogen and oxygen atoms in total. The lowest BCUT2D eigenvalue weighted by Crippen LogP contribution is -2.07. The molecule has 2 aromatic carbocycles. The van der Waals surface area contributed by atoms with Crippen molar-refractivity contribution < 1.29 is 0 Å². The second-order valence-electron chi connectivity index (χ2n) is 4.42. The SMILES string of the molecule is [C-]#Cc1ccc(C=Nc2ccc(N(C)C)cc2)cc1. The molecule has 0 heterocycles. The van der Waals surface area contributed by atoms with E-state index in [0.717, 1.165) is 22.5 Å². The molecule has 2 heteroatoms. The summed E-state index contributed by atoms with van der Waals surface area (Å²) in [4.78, 5) is 6.48. The molecular formula is C17H15N2-. The Kier molecular flexibility index (Phi) is 4.00. The van der Waals surface area contributed by atoms with Gasteiger partial charge in [-0.15, -0.1) is 17.7 Å². The lowest BCUT2D eigenvalue weighted by Gasteiger charge is -2.11. The molecule has 0 saturated heterocycles. The van der Waals surface area contributed by atoms with Crippen LogP contribution in [0.25, 0.3) is 0 Å². The van der Waals surface area contributed by atoms with Crippen molar-refractivity contribution in [3.05, 3.63) is 66.1 Å². The maximum Gasteiger partial charge on any atom is 0.0631 e. The van der Waals surface area contributed by atoms with Gasteiger partial charge in [-0.3, -0.25) is 10.9 Å². The largest absolute Gasteiger partial charge is 0.378 e. The van der Waals surface area contributed by atoms with E-state index in [1.165, 1.54) is 0 Å². The third-order valence-corrected chi connectivity index (χ3v) is 2.78. The van der Waals surface area contributed by atoms with E-state index in [1.807, 2.05) is 68.8 Å². The molecule has 0 atom stereocenters. The molecule has 0 saturated carbocycles. The van der Waals surface area contributed by atoms with Crippen LogP contribution in [-0.4, -0.2) is 20.3 Å². The molecule has 0 amide bonds. The zero-order valence-corrected chi connectivity index (χ0v) is 11.1. The molecule has 0 aliphatic carbocycles. The third kappa shape index (κ3) is 3.46. The van der Waals surface area contributed by atoms with Crippen LogP contribution in [0.3, 0.4) is 0 Å². The fourth-order valence-corrected chi connectivity index (χ4v) is 1.64. The molecule has 0 fully saturated rings. The fourth-order valence-electron chi connectivity index (χ4n) is 1.64. The Balaban J connectivity index is 2.11. The number of hydrogen-bond donors (Lipinski definition) is 0. The van der Waals surface area contributed by atoms with Crippen molar-refractivity contribution in [2.45, 2.75) is 0 Å². The first kappa shape index (κ1) is 12.9. The van der Waals surface area contributed by atoms with Crippen molar-refractivity contribution in [2.24, 2.45) is 4.99 Å². The highest BCUT2D eigenvalue weighted by atomic mass is 15.1. The minimum Gasteiger partial charge on any atom is -0.378 e. The summed E-state index contributed by atoms with van der Waals surface area (Å²) in [6, 6.07) is 15.6. The zero-order valence-electron chi connectivity index (χ0n) is 11.1. The molecule has 2 rings (SSSR count). The van der Waals surface area contributed by atoms with E-state index in [2.05, 4.69) is 15.8 Å². The van der Waals surface area contributed by atoms with Gasteiger partial charge in [-0.25, -0.2) is 0 Å². The predicted octanol–water partition coefficient (Wildman–Crippen LogP) is 3.44. The first-order chi connectivity index (χ1) is 9.19. The maximum atomic E-state index is 7.02. The van der Waals surface area contributed by atoms with Crippen LogP contribution in [0.4, 0.5) is 11.4 Å². The van der Waals surface area contributed by atoms with E-state index < -0.39 is 0 Å². The van der Waals surface area contributed by atoms with Crippen LogP contribution in [-0.2, 0) is 0 Å². The van der Waals surface area contributed by atoms with E-state index in [4.69, 9.17) is 6.42 Å². The number of rotatable bonds is 3. The van der Waals surface area contributed by atoms with Gasteiger partial charge < -0.3 is 11.3 Å². The van der Waals surface area contributed by atoms with Crippen LogP contribution in [0.1, 0.15) is 11.1 Å². The summed E-state index contributed by atoms with van der Waals surface area (Å²) < 4.78 is 0. The summed E-state index contributed by atoms with van der Waals surface area (Å²) in [6.07, 6.45) is 8.84. The van der Waals surface area contributed by atoms with E-state index in [-0.39, 0.29) is 0 Å². The van der Waals surface area contributed by atoms with Gasteiger partial charge in [-0.1, -0.05) is 12.1 Å². The molecule has 94 valence electrons. The number of anilines is 1. The molecule has 0 N–H and O–H groups in total. The Labute approximate surface area is 114 Å². The average Bonchev–Trinajstić information content (AvgIpc) is 2.46. The normalized spacial score (nSPS) is 10.4. The smallest absolute Gasteiger partial charge is 0.0631 e. The lowest BCUT2D eigenvalue weighted by atomic mass is 10.1. The zero-order chi connectivity index (χ0) is 13.7. The van der Waals surface area contributed by atoms with Crippen molar-refractivity contribution in [2.75, 3.05) is 19.0 Å². The third-order valence-electron chi connectivity index (χ3n) is 2.78. The molecule has 0 aliphatic rings. The molecule has 0 bridgehead atoms. The van der Waals surface area contributed by atoms with Crippen LogP contribution in [0, 0.1) is 12.3 Å². The van der Waals surface area contributed by atoms with Crippen LogP contribution in [0.2, 0.25) is 0 Å². The van der Waals surface area contributed by atoms with Crippen molar-refractivity contribution in [1.82, 2.24) is 0 Å². The predicted molar refractivity (Wildman–Crippen MR) is 80.7 cm³/mol. The first-order valence-corrected chi connectivity index (χ1v) is 6.03. The first-order valence-electron chi connectivity index (χ1n) is 6.03. The number of nitrogens with zero attached hydrogens (tertiary/aromatic N) is 2. The Bertz CT molecular complexity index is 599. The quantitative estimate of drug-likeness (QED) is 0.461. The molecule has 0 aromatic heterocycles. The van der Waals surface area contributed by atoms with Gasteiger partial charge in [0.05, 0.1) is 5.69 Å². The van der Waals surface area contributed by atoms with Crippen molar-refractivity contribution in [1.29, 1.82) is 0 Å². The highest BCUT2D eigenvalue weighted by molar-refractivity contribution is 5.82. The summed E-state index contributed by atoms with van der Waals surface area (Å²) in [5.41, 5.74) is 3.86. The summed E-state index contributed by atoms with van der Waals surface area (Å²) in [5, 5.41) is 0. The van der Waals surface area contributed by atoms with Gasteiger partial charge in [0, 0.05) is 26.0 Å². The fraction of sp³-hybridized carbons (Fsp3) is 0.118. The summed E-state index contributed by atoms with van der Waals surface area (Å²) in [5.74, 6) is 2.35. The van der Waals surface area contributed by atoms with Crippen molar-refractivity contribution >= 4 is 17.6 Å². The highest BCUT2D eigenvalue weighted by Crippen LogP contribution is 2.18. The number of aliphatic imine (C=N–C) groups is 1. The molecule has 0 spiro atoms. The Morgan fingerprint density at radius 3 is 2.16 bits per heavy atom. The van der Waals surface area contributed by atoms with Gasteiger partial charge in [-0.05, 0) is 29.8 Å². The summed E-state index contributed by atoms with van der Waals surface area (Å²) in [7, 11) is 4.03.